The molecule has 38 heavy (non-hydrogen) atoms. The van der Waals surface area contributed by atoms with Crippen LogP contribution in [0.15, 0.2) is 63.5 Å². The number of carbonyl (C=O) groups is 1. The molecule has 1 aliphatic heterocycles. The van der Waals surface area contributed by atoms with Crippen molar-refractivity contribution >= 4 is 23.4 Å². The van der Waals surface area contributed by atoms with Crippen LogP contribution in [0.1, 0.15) is 51.8 Å². The van der Waals surface area contributed by atoms with E-state index in [0.717, 1.165) is 11.1 Å². The van der Waals surface area contributed by atoms with Gasteiger partial charge >= 0.3 is 5.97 Å². The second kappa shape index (κ2) is 11.7. The van der Waals surface area contributed by atoms with E-state index in [9.17, 15) is 9.59 Å². The van der Waals surface area contributed by atoms with Crippen LogP contribution in [0, 0.1) is 0 Å². The van der Waals surface area contributed by atoms with Gasteiger partial charge < -0.3 is 18.9 Å². The molecule has 0 unspecified atom stereocenters. The van der Waals surface area contributed by atoms with Gasteiger partial charge in [0.05, 0.1) is 48.3 Å². The van der Waals surface area contributed by atoms with E-state index in [1.807, 2.05) is 50.2 Å². The lowest BCUT2D eigenvalue weighted by atomic mass is 9.96. The Bertz CT molecular complexity index is 1530. The van der Waals surface area contributed by atoms with Crippen LogP contribution in [0.25, 0.3) is 6.08 Å². The van der Waals surface area contributed by atoms with E-state index in [4.69, 9.17) is 18.9 Å². The molecule has 0 saturated heterocycles. The highest BCUT2D eigenvalue weighted by molar-refractivity contribution is 7.07. The first kappa shape index (κ1) is 27.2. The lowest BCUT2D eigenvalue weighted by Crippen LogP contribution is -2.40. The maximum absolute atomic E-state index is 13.8. The van der Waals surface area contributed by atoms with Gasteiger partial charge in [0, 0.05) is 0 Å². The molecule has 0 bridgehead atoms. The van der Waals surface area contributed by atoms with Crippen molar-refractivity contribution < 1.29 is 23.7 Å². The Balaban J connectivity index is 1.88. The van der Waals surface area contributed by atoms with Crippen LogP contribution in [0.3, 0.4) is 0 Å². The normalized spacial score (nSPS) is 15.2. The van der Waals surface area contributed by atoms with Gasteiger partial charge in [0.1, 0.15) is 5.75 Å². The fourth-order valence-electron chi connectivity index (χ4n) is 4.29. The fraction of sp³-hybridized carbons (Fsp3) is 0.345. The smallest absolute Gasteiger partial charge is 0.338 e. The molecule has 0 amide bonds. The molecular formula is C29H32N2O6S. The van der Waals surface area contributed by atoms with E-state index in [2.05, 4.69) is 4.99 Å². The first-order valence-corrected chi connectivity index (χ1v) is 13.4. The van der Waals surface area contributed by atoms with Gasteiger partial charge in [-0.15, -0.1) is 0 Å². The second-order valence-electron chi connectivity index (χ2n) is 8.88. The molecule has 9 heteroatoms. The second-order valence-corrected chi connectivity index (χ2v) is 9.89. The predicted molar refractivity (Wildman–Crippen MR) is 147 cm³/mol. The van der Waals surface area contributed by atoms with Crippen LogP contribution in [-0.2, 0) is 9.53 Å². The SMILES string of the molecule is CCOc1ccc([C@@H]2C(C(=O)OC(C)C)=C(C)N=c3s/c(=C/c4ccc(OC)c(OCC)c4)c(=O)n32)cc1. The molecule has 0 N–H and O–H groups in total. The summed E-state index contributed by atoms with van der Waals surface area (Å²) in [4.78, 5) is 32.2. The average Bonchev–Trinajstić information content (AvgIpc) is 3.18. The van der Waals surface area contributed by atoms with Gasteiger partial charge in [-0.25, -0.2) is 9.79 Å². The summed E-state index contributed by atoms with van der Waals surface area (Å²) in [6.45, 7) is 10.2. The highest BCUT2D eigenvalue weighted by Gasteiger charge is 2.33. The van der Waals surface area contributed by atoms with Crippen LogP contribution >= 0.6 is 11.3 Å². The minimum atomic E-state index is -0.690. The van der Waals surface area contributed by atoms with Crippen molar-refractivity contribution in [3.8, 4) is 17.2 Å². The van der Waals surface area contributed by atoms with E-state index >= 15 is 0 Å². The van der Waals surface area contributed by atoms with Crippen LogP contribution in [-0.4, -0.2) is 37.0 Å². The third-order valence-electron chi connectivity index (χ3n) is 5.88. The Kier molecular flexibility index (Phi) is 8.36. The highest BCUT2D eigenvalue weighted by Crippen LogP contribution is 2.32. The number of carbonyl (C=O) groups excluding carboxylic acids is 1. The molecular weight excluding hydrogens is 504 g/mol. The quantitative estimate of drug-likeness (QED) is 0.384. The van der Waals surface area contributed by atoms with E-state index < -0.39 is 12.0 Å². The van der Waals surface area contributed by atoms with Gasteiger partial charge in [-0.2, -0.15) is 0 Å². The summed E-state index contributed by atoms with van der Waals surface area (Å²) in [7, 11) is 1.58. The summed E-state index contributed by atoms with van der Waals surface area (Å²) in [5, 5.41) is 0. The zero-order valence-corrected chi connectivity index (χ0v) is 23.3. The molecule has 0 aliphatic carbocycles. The van der Waals surface area contributed by atoms with Crippen molar-refractivity contribution in [1.82, 2.24) is 4.57 Å². The summed E-state index contributed by atoms with van der Waals surface area (Å²) >= 11 is 1.27. The molecule has 1 aromatic heterocycles. The molecule has 8 nitrogen and oxygen atoms in total. The molecule has 2 aromatic carbocycles. The van der Waals surface area contributed by atoms with Gasteiger partial charge in [0.2, 0.25) is 0 Å². The number of allylic oxidation sites excluding steroid dienone is 1. The number of hydrogen-bond acceptors (Lipinski definition) is 8. The molecule has 2 heterocycles. The number of nitrogens with zero attached hydrogens (tertiary/aromatic N) is 2. The number of fused-ring (bicyclic) bond motifs is 1. The van der Waals surface area contributed by atoms with Crippen LogP contribution < -0.4 is 29.1 Å². The minimum absolute atomic E-state index is 0.247. The zero-order chi connectivity index (χ0) is 27.4. The van der Waals surface area contributed by atoms with Gasteiger partial charge in [-0.05, 0) is 76.1 Å². The maximum Gasteiger partial charge on any atom is 0.338 e. The number of ether oxygens (including phenoxy) is 4. The highest BCUT2D eigenvalue weighted by atomic mass is 32.1. The maximum atomic E-state index is 13.8. The average molecular weight is 537 g/mol. The summed E-state index contributed by atoms with van der Waals surface area (Å²) < 4.78 is 24.3. The monoisotopic (exact) mass is 536 g/mol. The topological polar surface area (TPSA) is 88.4 Å². The number of thiazole rings is 1. The molecule has 0 fully saturated rings. The summed E-state index contributed by atoms with van der Waals surface area (Å²) in [6, 6.07) is 12.2. The van der Waals surface area contributed by atoms with Crippen molar-refractivity contribution in [2.75, 3.05) is 20.3 Å². The third kappa shape index (κ3) is 5.52. The number of aromatic nitrogens is 1. The number of methoxy groups -OCH3 is 1. The van der Waals surface area contributed by atoms with Crippen molar-refractivity contribution in [2.45, 2.75) is 46.8 Å². The Hall–Kier alpha value is -3.85. The molecule has 200 valence electrons. The molecule has 0 spiro atoms. The summed E-state index contributed by atoms with van der Waals surface area (Å²) in [5.41, 5.74) is 2.15. The van der Waals surface area contributed by atoms with Gasteiger partial charge in [0.15, 0.2) is 16.3 Å². The van der Waals surface area contributed by atoms with Crippen LogP contribution in [0.5, 0.6) is 17.2 Å². The number of hydrogen-bond donors (Lipinski definition) is 0. The van der Waals surface area contributed by atoms with E-state index in [1.54, 1.807) is 44.6 Å². The van der Waals surface area contributed by atoms with Gasteiger partial charge in [-0.3, -0.25) is 9.36 Å². The Labute approximate surface area is 225 Å². The molecule has 3 aromatic rings. The van der Waals surface area contributed by atoms with Crippen molar-refractivity contribution in [2.24, 2.45) is 4.99 Å². The van der Waals surface area contributed by atoms with E-state index in [1.165, 1.54) is 11.3 Å². The van der Waals surface area contributed by atoms with Crippen molar-refractivity contribution in [1.29, 1.82) is 0 Å². The molecule has 4 rings (SSSR count). The molecule has 0 saturated carbocycles. The lowest BCUT2D eigenvalue weighted by molar-refractivity contribution is -0.143. The van der Waals surface area contributed by atoms with Gasteiger partial charge in [-0.1, -0.05) is 29.5 Å². The first-order valence-electron chi connectivity index (χ1n) is 12.5. The third-order valence-corrected chi connectivity index (χ3v) is 6.86. The molecule has 0 radical (unpaired) electrons. The Morgan fingerprint density at radius 2 is 1.79 bits per heavy atom. The Morgan fingerprint density at radius 1 is 1.08 bits per heavy atom. The van der Waals surface area contributed by atoms with Crippen molar-refractivity contribution in [3.63, 3.8) is 0 Å². The number of esters is 1. The lowest BCUT2D eigenvalue weighted by Gasteiger charge is -2.25. The van der Waals surface area contributed by atoms with Crippen LogP contribution in [0.4, 0.5) is 0 Å². The minimum Gasteiger partial charge on any atom is -0.494 e. The molecule has 1 atom stereocenters. The first-order chi connectivity index (χ1) is 18.3. The standard InChI is InChI=1S/C29H32N2O6S/c1-7-35-21-12-10-20(11-13-21)26-25(28(33)37-17(3)4)18(5)30-29-31(26)27(32)24(38-29)16-19-9-14-22(34-6)23(15-19)36-8-2/h9-17,26H,7-8H2,1-6H3/b24-16+/t26-/m1/s1. The van der Waals surface area contributed by atoms with E-state index in [-0.39, 0.29) is 11.7 Å². The number of benzene rings is 2. The summed E-state index contributed by atoms with van der Waals surface area (Å²) in [6.07, 6.45) is 1.48. The van der Waals surface area contributed by atoms with Gasteiger partial charge in [0.25, 0.3) is 5.56 Å². The van der Waals surface area contributed by atoms with Crippen molar-refractivity contribution in [3.05, 3.63) is 84.5 Å². The molecule has 1 aliphatic rings. The number of rotatable bonds is 9. The fourth-order valence-corrected chi connectivity index (χ4v) is 5.34. The largest absolute Gasteiger partial charge is 0.494 e. The predicted octanol–water partition coefficient (Wildman–Crippen LogP) is 3.99. The van der Waals surface area contributed by atoms with Crippen LogP contribution in [0.2, 0.25) is 0 Å². The van der Waals surface area contributed by atoms with E-state index in [0.29, 0.717) is 51.1 Å². The zero-order valence-electron chi connectivity index (χ0n) is 22.4. The summed E-state index contributed by atoms with van der Waals surface area (Å²) in [5.74, 6) is 1.43. The Morgan fingerprint density at radius 3 is 2.42 bits per heavy atom.